The van der Waals surface area contributed by atoms with Crippen molar-refractivity contribution < 1.29 is 9.90 Å². The largest absolute Gasteiger partial charge is 0.508 e. The average Bonchev–Trinajstić information content (AvgIpc) is 2.78. The van der Waals surface area contributed by atoms with Gasteiger partial charge in [-0.1, -0.05) is 47.8 Å². The highest BCUT2D eigenvalue weighted by molar-refractivity contribution is 6.42. The second-order valence-corrected chi connectivity index (χ2v) is 8.88. The lowest BCUT2D eigenvalue weighted by atomic mass is 9.89. The minimum atomic E-state index is -0.0950. The van der Waals surface area contributed by atoms with Crippen LogP contribution < -0.4 is 5.32 Å². The quantitative estimate of drug-likeness (QED) is 0.362. The average molecular weight is 461 g/mol. The van der Waals surface area contributed by atoms with Crippen LogP contribution in [0.25, 0.3) is 6.08 Å². The maximum Gasteiger partial charge on any atom is 0.243 e. The number of benzene rings is 2. The first-order valence-corrected chi connectivity index (χ1v) is 11.7. The Morgan fingerprint density at radius 1 is 1.03 bits per heavy atom. The molecule has 2 aromatic carbocycles. The SMILES string of the molecule is O=C(/C=C/c1ccc(Cl)c(Cl)c1)NCCCCCN1CCC(c2ccc(O)cc2)CC1. The van der Waals surface area contributed by atoms with E-state index in [1.165, 1.54) is 24.5 Å². The van der Waals surface area contributed by atoms with E-state index in [0.29, 0.717) is 28.3 Å². The van der Waals surface area contributed by atoms with Crippen molar-refractivity contribution in [2.75, 3.05) is 26.2 Å². The molecule has 1 aliphatic rings. The van der Waals surface area contributed by atoms with Crippen molar-refractivity contribution in [3.63, 3.8) is 0 Å². The van der Waals surface area contributed by atoms with Crippen molar-refractivity contribution in [2.45, 2.75) is 38.0 Å². The van der Waals surface area contributed by atoms with Crippen LogP contribution in [0.1, 0.15) is 49.1 Å². The summed E-state index contributed by atoms with van der Waals surface area (Å²) in [6.45, 7) is 4.06. The molecule has 0 aromatic heterocycles. The number of hydrogen-bond acceptors (Lipinski definition) is 3. The van der Waals surface area contributed by atoms with Gasteiger partial charge >= 0.3 is 0 Å². The maximum absolute atomic E-state index is 11.9. The highest BCUT2D eigenvalue weighted by Gasteiger charge is 2.20. The summed E-state index contributed by atoms with van der Waals surface area (Å²) in [7, 11) is 0. The second kappa shape index (κ2) is 12.1. The standard InChI is InChI=1S/C25H30Cl2N2O2/c26-23-10-4-19(18-24(23)27)5-11-25(31)28-14-2-1-3-15-29-16-12-21(13-17-29)20-6-8-22(30)9-7-20/h4-11,18,21,30H,1-3,12-17H2,(H,28,31)/b11-5+. The number of aromatic hydroxyl groups is 1. The molecule has 4 nitrogen and oxygen atoms in total. The minimum absolute atomic E-state index is 0.0950. The van der Waals surface area contributed by atoms with E-state index in [9.17, 15) is 9.90 Å². The van der Waals surface area contributed by atoms with Crippen molar-refractivity contribution in [2.24, 2.45) is 0 Å². The molecular weight excluding hydrogens is 431 g/mol. The summed E-state index contributed by atoms with van der Waals surface area (Å²) in [5.74, 6) is 0.839. The van der Waals surface area contributed by atoms with Crippen LogP contribution >= 0.6 is 23.2 Å². The topological polar surface area (TPSA) is 52.6 Å². The Kier molecular flexibility index (Phi) is 9.26. The molecule has 1 aliphatic heterocycles. The number of unbranched alkanes of at least 4 members (excludes halogenated alkanes) is 2. The summed E-state index contributed by atoms with van der Waals surface area (Å²) >= 11 is 11.9. The second-order valence-electron chi connectivity index (χ2n) is 8.07. The monoisotopic (exact) mass is 460 g/mol. The fourth-order valence-corrected chi connectivity index (χ4v) is 4.24. The van der Waals surface area contributed by atoms with Crippen molar-refractivity contribution in [1.29, 1.82) is 0 Å². The van der Waals surface area contributed by atoms with E-state index in [0.717, 1.165) is 44.5 Å². The van der Waals surface area contributed by atoms with E-state index < -0.39 is 0 Å². The van der Waals surface area contributed by atoms with Crippen LogP contribution in [0.4, 0.5) is 0 Å². The zero-order valence-electron chi connectivity index (χ0n) is 17.7. The van der Waals surface area contributed by atoms with Gasteiger partial charge in [0.15, 0.2) is 0 Å². The molecule has 0 radical (unpaired) electrons. The smallest absolute Gasteiger partial charge is 0.243 e. The highest BCUT2D eigenvalue weighted by Crippen LogP contribution is 2.29. The molecule has 0 spiro atoms. The van der Waals surface area contributed by atoms with Crippen molar-refractivity contribution in [3.05, 3.63) is 69.7 Å². The lowest BCUT2D eigenvalue weighted by Gasteiger charge is -2.32. The summed E-state index contributed by atoms with van der Waals surface area (Å²) in [6, 6.07) is 12.9. The predicted molar refractivity (Wildman–Crippen MR) is 129 cm³/mol. The Labute approximate surface area is 194 Å². The number of rotatable bonds is 9. The van der Waals surface area contributed by atoms with Gasteiger partial charge in [-0.25, -0.2) is 0 Å². The third kappa shape index (κ3) is 7.88. The third-order valence-electron chi connectivity index (χ3n) is 5.77. The van der Waals surface area contributed by atoms with Gasteiger partial charge in [0.05, 0.1) is 10.0 Å². The maximum atomic E-state index is 11.9. The molecule has 1 amide bonds. The molecule has 31 heavy (non-hydrogen) atoms. The van der Waals surface area contributed by atoms with E-state index in [1.54, 1.807) is 30.3 Å². The van der Waals surface area contributed by atoms with Gasteiger partial charge in [-0.2, -0.15) is 0 Å². The number of halogens is 2. The number of amides is 1. The van der Waals surface area contributed by atoms with Crippen LogP contribution in [0.15, 0.2) is 48.5 Å². The summed E-state index contributed by atoms with van der Waals surface area (Å²) in [5.41, 5.74) is 2.18. The molecule has 6 heteroatoms. The van der Waals surface area contributed by atoms with Gasteiger partial charge in [0.2, 0.25) is 5.91 Å². The van der Waals surface area contributed by atoms with Crippen LogP contribution in [0.3, 0.4) is 0 Å². The van der Waals surface area contributed by atoms with Gasteiger partial charge in [-0.3, -0.25) is 4.79 Å². The summed E-state index contributed by atoms with van der Waals surface area (Å²) in [5, 5.41) is 13.3. The van der Waals surface area contributed by atoms with E-state index in [-0.39, 0.29) is 5.91 Å². The molecule has 166 valence electrons. The molecule has 3 rings (SSSR count). The van der Waals surface area contributed by atoms with Crippen molar-refractivity contribution >= 4 is 35.2 Å². The molecule has 0 atom stereocenters. The van der Waals surface area contributed by atoms with E-state index in [1.807, 2.05) is 18.2 Å². The number of phenols is 1. The van der Waals surface area contributed by atoms with Gasteiger partial charge < -0.3 is 15.3 Å². The van der Waals surface area contributed by atoms with Crippen LogP contribution in [0.5, 0.6) is 5.75 Å². The Hall–Kier alpha value is -2.01. The number of likely N-dealkylation sites (tertiary alicyclic amines) is 1. The van der Waals surface area contributed by atoms with Gasteiger partial charge in [-0.05, 0) is 92.7 Å². The van der Waals surface area contributed by atoms with E-state index in [2.05, 4.69) is 10.2 Å². The number of carbonyl (C=O) groups excluding carboxylic acids is 1. The molecule has 0 aliphatic carbocycles. The first-order valence-electron chi connectivity index (χ1n) is 10.9. The molecule has 2 N–H and O–H groups in total. The first-order chi connectivity index (χ1) is 15.0. The summed E-state index contributed by atoms with van der Waals surface area (Å²) < 4.78 is 0. The fraction of sp³-hybridized carbons (Fsp3) is 0.400. The van der Waals surface area contributed by atoms with Crippen LogP contribution in [-0.4, -0.2) is 42.1 Å². The fourth-order valence-electron chi connectivity index (χ4n) is 3.93. The number of carbonyl (C=O) groups is 1. The Morgan fingerprint density at radius 3 is 2.48 bits per heavy atom. The summed E-state index contributed by atoms with van der Waals surface area (Å²) in [4.78, 5) is 14.5. The van der Waals surface area contributed by atoms with Crippen LogP contribution in [0, 0.1) is 0 Å². The van der Waals surface area contributed by atoms with Gasteiger partial charge in [0.1, 0.15) is 5.75 Å². The highest BCUT2D eigenvalue weighted by atomic mass is 35.5. The first kappa shape index (κ1) is 23.6. The molecule has 1 fully saturated rings. The predicted octanol–water partition coefficient (Wildman–Crippen LogP) is 5.88. The Morgan fingerprint density at radius 2 is 1.77 bits per heavy atom. The molecule has 1 saturated heterocycles. The molecule has 0 saturated carbocycles. The van der Waals surface area contributed by atoms with Crippen LogP contribution in [0.2, 0.25) is 10.0 Å². The number of hydrogen-bond donors (Lipinski definition) is 2. The number of phenolic OH excluding ortho intramolecular Hbond substituents is 1. The number of nitrogens with zero attached hydrogens (tertiary/aromatic N) is 1. The molecule has 2 aromatic rings. The molecule has 0 bridgehead atoms. The van der Waals surface area contributed by atoms with E-state index in [4.69, 9.17) is 23.2 Å². The lowest BCUT2D eigenvalue weighted by molar-refractivity contribution is -0.116. The zero-order chi connectivity index (χ0) is 22.1. The lowest BCUT2D eigenvalue weighted by Crippen LogP contribution is -2.33. The zero-order valence-corrected chi connectivity index (χ0v) is 19.2. The van der Waals surface area contributed by atoms with Gasteiger partial charge in [-0.15, -0.1) is 0 Å². The molecule has 1 heterocycles. The van der Waals surface area contributed by atoms with Crippen molar-refractivity contribution in [3.8, 4) is 5.75 Å². The number of nitrogens with one attached hydrogen (secondary N) is 1. The van der Waals surface area contributed by atoms with Crippen LogP contribution in [-0.2, 0) is 4.79 Å². The normalized spacial score (nSPS) is 15.4. The number of piperidine rings is 1. The van der Waals surface area contributed by atoms with E-state index >= 15 is 0 Å². The van der Waals surface area contributed by atoms with Crippen molar-refractivity contribution in [1.82, 2.24) is 10.2 Å². The van der Waals surface area contributed by atoms with Gasteiger partial charge in [0, 0.05) is 12.6 Å². The minimum Gasteiger partial charge on any atom is -0.508 e. The molecule has 0 unspecified atom stereocenters. The Bertz CT molecular complexity index is 876. The Balaban J connectivity index is 1.24. The molecular formula is C25H30Cl2N2O2. The summed E-state index contributed by atoms with van der Waals surface area (Å²) in [6.07, 6.45) is 8.85. The van der Waals surface area contributed by atoms with Gasteiger partial charge in [0.25, 0.3) is 0 Å². The third-order valence-corrected chi connectivity index (χ3v) is 6.51.